The average Bonchev–Trinajstić information content (AvgIpc) is 2.57. The molecular weight excluding hydrogens is 340 g/mol. The van der Waals surface area contributed by atoms with Crippen LogP contribution in [0.5, 0.6) is 0 Å². The summed E-state index contributed by atoms with van der Waals surface area (Å²) < 4.78 is 0. The molecule has 0 nitrogen and oxygen atoms in total. The van der Waals surface area contributed by atoms with Crippen LogP contribution in [-0.2, 0) is 0 Å². The first kappa shape index (κ1) is 25.7. The molecule has 0 saturated heterocycles. The summed E-state index contributed by atoms with van der Waals surface area (Å²) in [6.07, 6.45) is 9.49. The fraction of sp³-hybridized carbons (Fsp3) is 1.00. The molecule has 2 heteroatoms. The molecule has 0 aliphatic rings. The lowest BCUT2D eigenvalue weighted by atomic mass is 9.73. The summed E-state index contributed by atoms with van der Waals surface area (Å²) in [7, 11) is 0. The predicted octanol–water partition coefficient (Wildman–Crippen LogP) is 8.03. The van der Waals surface area contributed by atoms with Crippen LogP contribution in [0.3, 0.4) is 0 Å². The van der Waals surface area contributed by atoms with Gasteiger partial charge in [-0.2, -0.15) is 25.3 Å². The van der Waals surface area contributed by atoms with E-state index in [4.69, 9.17) is 0 Å². The summed E-state index contributed by atoms with van der Waals surface area (Å²) in [5, 5.41) is 0. The largest absolute Gasteiger partial charge is 0.179 e. The Bertz CT molecular complexity index is 300. The van der Waals surface area contributed by atoms with Crippen LogP contribution in [0.1, 0.15) is 93.4 Å². The molecule has 0 aliphatic heterocycles. The second-order valence-corrected chi connectivity index (χ2v) is 10.00. The van der Waals surface area contributed by atoms with Gasteiger partial charge in [0.1, 0.15) is 0 Å². The number of hydrogen-bond acceptors (Lipinski definition) is 2. The van der Waals surface area contributed by atoms with Gasteiger partial charge in [0.25, 0.3) is 0 Å². The summed E-state index contributed by atoms with van der Waals surface area (Å²) in [5.74, 6) is 7.86. The van der Waals surface area contributed by atoms with Crippen molar-refractivity contribution in [2.75, 3.05) is 11.5 Å². The van der Waals surface area contributed by atoms with E-state index in [1.54, 1.807) is 0 Å². The van der Waals surface area contributed by atoms with E-state index >= 15 is 0 Å². The molecular formula is C23H48S2. The summed E-state index contributed by atoms with van der Waals surface area (Å²) in [6, 6.07) is 0. The van der Waals surface area contributed by atoms with Crippen LogP contribution < -0.4 is 0 Å². The lowest BCUT2D eigenvalue weighted by molar-refractivity contribution is 0.178. The van der Waals surface area contributed by atoms with Gasteiger partial charge in [-0.15, -0.1) is 0 Å². The van der Waals surface area contributed by atoms with Crippen molar-refractivity contribution in [3.8, 4) is 0 Å². The monoisotopic (exact) mass is 388 g/mol. The molecule has 0 rings (SSSR count). The molecule has 0 aliphatic carbocycles. The summed E-state index contributed by atoms with van der Waals surface area (Å²) >= 11 is 9.04. The van der Waals surface area contributed by atoms with E-state index in [9.17, 15) is 0 Å². The Morgan fingerprint density at radius 2 is 1.28 bits per heavy atom. The Hall–Kier alpha value is 0.700. The van der Waals surface area contributed by atoms with Crippen molar-refractivity contribution in [1.82, 2.24) is 0 Å². The maximum atomic E-state index is 4.63. The van der Waals surface area contributed by atoms with Crippen molar-refractivity contribution in [1.29, 1.82) is 0 Å². The SMILES string of the molecule is CCC(CCCS)CC(CC)C(C)CC(CC(CS)C(C)C)C(C)C. The fourth-order valence-electron chi connectivity index (χ4n) is 4.36. The lowest BCUT2D eigenvalue weighted by Crippen LogP contribution is -2.24. The van der Waals surface area contributed by atoms with E-state index in [0.717, 1.165) is 52.9 Å². The van der Waals surface area contributed by atoms with Crippen LogP contribution in [0.4, 0.5) is 0 Å². The van der Waals surface area contributed by atoms with E-state index in [0.29, 0.717) is 0 Å². The molecule has 0 amide bonds. The van der Waals surface area contributed by atoms with Crippen LogP contribution in [-0.4, -0.2) is 11.5 Å². The number of hydrogen-bond donors (Lipinski definition) is 2. The summed E-state index contributed by atoms with van der Waals surface area (Å²) in [5.41, 5.74) is 0. The second kappa shape index (κ2) is 14.7. The highest BCUT2D eigenvalue weighted by molar-refractivity contribution is 7.80. The van der Waals surface area contributed by atoms with Crippen molar-refractivity contribution < 1.29 is 0 Å². The van der Waals surface area contributed by atoms with E-state index in [1.165, 1.54) is 44.9 Å². The number of rotatable bonds is 15. The fourth-order valence-corrected chi connectivity index (χ4v) is 5.11. The smallest absolute Gasteiger partial charge is 0.00670 e. The van der Waals surface area contributed by atoms with E-state index in [2.05, 4.69) is 73.7 Å². The Morgan fingerprint density at radius 3 is 1.68 bits per heavy atom. The first-order valence-electron chi connectivity index (χ1n) is 11.0. The highest BCUT2D eigenvalue weighted by atomic mass is 32.1. The molecule has 5 unspecified atom stereocenters. The Morgan fingerprint density at radius 1 is 0.680 bits per heavy atom. The van der Waals surface area contributed by atoms with E-state index in [1.807, 2.05) is 0 Å². The minimum Gasteiger partial charge on any atom is -0.179 e. The molecule has 0 spiro atoms. The van der Waals surface area contributed by atoms with Crippen LogP contribution >= 0.6 is 25.3 Å². The molecule has 5 atom stereocenters. The molecule has 0 saturated carbocycles. The van der Waals surface area contributed by atoms with Gasteiger partial charge in [0.05, 0.1) is 0 Å². The molecule has 0 heterocycles. The van der Waals surface area contributed by atoms with Gasteiger partial charge in [0.2, 0.25) is 0 Å². The van der Waals surface area contributed by atoms with Gasteiger partial charge >= 0.3 is 0 Å². The van der Waals surface area contributed by atoms with Crippen LogP contribution in [0.25, 0.3) is 0 Å². The minimum absolute atomic E-state index is 0.752. The predicted molar refractivity (Wildman–Crippen MR) is 124 cm³/mol. The molecule has 0 aromatic rings. The third kappa shape index (κ3) is 10.6. The van der Waals surface area contributed by atoms with E-state index < -0.39 is 0 Å². The first-order chi connectivity index (χ1) is 11.8. The van der Waals surface area contributed by atoms with Crippen LogP contribution in [0.2, 0.25) is 0 Å². The normalized spacial score (nSPS) is 18.4. The Labute approximate surface area is 171 Å². The molecule has 0 aromatic carbocycles. The number of thiol groups is 2. The van der Waals surface area contributed by atoms with Gasteiger partial charge < -0.3 is 0 Å². The molecule has 25 heavy (non-hydrogen) atoms. The van der Waals surface area contributed by atoms with Crippen molar-refractivity contribution in [3.05, 3.63) is 0 Å². The molecule has 0 N–H and O–H groups in total. The lowest BCUT2D eigenvalue weighted by Gasteiger charge is -2.33. The topological polar surface area (TPSA) is 0 Å². The van der Waals surface area contributed by atoms with Gasteiger partial charge in [-0.3, -0.25) is 0 Å². The first-order valence-corrected chi connectivity index (χ1v) is 12.3. The minimum atomic E-state index is 0.752. The zero-order valence-corrected chi connectivity index (χ0v) is 20.1. The third-order valence-corrected chi connectivity index (χ3v) is 7.50. The maximum Gasteiger partial charge on any atom is -0.00670 e. The molecule has 0 aromatic heterocycles. The average molecular weight is 389 g/mol. The van der Waals surface area contributed by atoms with Crippen LogP contribution in [0.15, 0.2) is 0 Å². The summed E-state index contributed by atoms with van der Waals surface area (Å²) in [4.78, 5) is 0. The van der Waals surface area contributed by atoms with Gasteiger partial charge in [0, 0.05) is 0 Å². The third-order valence-electron chi connectivity index (χ3n) is 6.71. The highest BCUT2D eigenvalue weighted by Gasteiger charge is 2.26. The van der Waals surface area contributed by atoms with Crippen molar-refractivity contribution in [2.45, 2.75) is 93.4 Å². The Balaban J connectivity index is 4.79. The van der Waals surface area contributed by atoms with Gasteiger partial charge in [-0.1, -0.05) is 61.3 Å². The van der Waals surface area contributed by atoms with Gasteiger partial charge in [0.15, 0.2) is 0 Å². The van der Waals surface area contributed by atoms with Crippen LogP contribution in [0, 0.1) is 41.4 Å². The van der Waals surface area contributed by atoms with E-state index in [-0.39, 0.29) is 0 Å². The second-order valence-electron chi connectivity index (χ2n) is 9.18. The van der Waals surface area contributed by atoms with Gasteiger partial charge in [-0.05, 0) is 85.0 Å². The molecule has 152 valence electrons. The maximum absolute atomic E-state index is 4.63. The summed E-state index contributed by atoms with van der Waals surface area (Å²) in [6.45, 7) is 16.9. The van der Waals surface area contributed by atoms with Crippen molar-refractivity contribution >= 4 is 25.3 Å². The Kier molecular flexibility index (Phi) is 15.1. The molecule has 0 bridgehead atoms. The molecule has 0 radical (unpaired) electrons. The zero-order chi connectivity index (χ0) is 19.4. The zero-order valence-electron chi connectivity index (χ0n) is 18.3. The van der Waals surface area contributed by atoms with Crippen molar-refractivity contribution in [3.63, 3.8) is 0 Å². The van der Waals surface area contributed by atoms with Crippen molar-refractivity contribution in [2.24, 2.45) is 41.4 Å². The van der Waals surface area contributed by atoms with Gasteiger partial charge in [-0.25, -0.2) is 0 Å². The quantitative estimate of drug-likeness (QED) is 0.261. The standard InChI is InChI=1S/C23H48S2/c1-8-20(11-10-12-24)14-21(9-2)19(7)13-22(17(3)4)15-23(16-25)18(5)6/h17-25H,8-16H2,1-7H3. The molecule has 0 fully saturated rings. The highest BCUT2D eigenvalue weighted by Crippen LogP contribution is 2.36.